The molecular formula is C21H22BrNO3. The number of likely N-dealkylation sites (tertiary alicyclic amines) is 1. The average molecular weight is 416 g/mol. The Morgan fingerprint density at radius 1 is 1.12 bits per heavy atom. The molecule has 136 valence electrons. The third kappa shape index (κ3) is 4.59. The van der Waals surface area contributed by atoms with E-state index in [2.05, 4.69) is 27.8 Å². The Bertz CT molecular complexity index is 788. The molecule has 1 unspecified atom stereocenters. The number of carbonyl (C=O) groups excluding carboxylic acids is 2. The lowest BCUT2D eigenvalue weighted by molar-refractivity contribution is 0.102. The number of hydrogen-bond acceptors (Lipinski definition) is 4. The zero-order valence-electron chi connectivity index (χ0n) is 14.8. The van der Waals surface area contributed by atoms with Crippen molar-refractivity contribution in [2.75, 3.05) is 26.2 Å². The van der Waals surface area contributed by atoms with Crippen molar-refractivity contribution < 1.29 is 14.3 Å². The maximum absolute atomic E-state index is 12.7. The average Bonchev–Trinajstić information content (AvgIpc) is 3.07. The van der Waals surface area contributed by atoms with Crippen LogP contribution < -0.4 is 4.74 Å². The van der Waals surface area contributed by atoms with E-state index in [0.717, 1.165) is 31.3 Å². The number of carbonyl (C=O) groups is 2. The van der Waals surface area contributed by atoms with Gasteiger partial charge in [0, 0.05) is 29.8 Å². The van der Waals surface area contributed by atoms with Gasteiger partial charge in [0.25, 0.3) is 0 Å². The topological polar surface area (TPSA) is 46.6 Å². The van der Waals surface area contributed by atoms with Gasteiger partial charge in [-0.05, 0) is 65.1 Å². The van der Waals surface area contributed by atoms with Crippen molar-refractivity contribution in [2.45, 2.75) is 13.3 Å². The van der Waals surface area contributed by atoms with E-state index >= 15 is 0 Å². The molecule has 2 aromatic rings. The first-order valence-electron chi connectivity index (χ1n) is 8.83. The first-order valence-corrected chi connectivity index (χ1v) is 9.62. The van der Waals surface area contributed by atoms with Crippen LogP contribution in [0.2, 0.25) is 0 Å². The molecule has 4 nitrogen and oxygen atoms in total. The minimum atomic E-state index is -0.294. The highest BCUT2D eigenvalue weighted by atomic mass is 79.9. The molecule has 1 saturated heterocycles. The Kier molecular flexibility index (Phi) is 6.22. The lowest BCUT2D eigenvalue weighted by atomic mass is 9.99. The molecule has 1 aliphatic rings. The number of nitrogens with zero attached hydrogens (tertiary/aromatic N) is 1. The van der Waals surface area contributed by atoms with E-state index < -0.39 is 0 Å². The summed E-state index contributed by atoms with van der Waals surface area (Å²) in [4.78, 5) is 26.7. The second-order valence-corrected chi connectivity index (χ2v) is 7.44. The molecule has 0 spiro atoms. The Labute approximate surface area is 162 Å². The molecule has 3 rings (SSSR count). The Morgan fingerprint density at radius 3 is 2.42 bits per heavy atom. The van der Waals surface area contributed by atoms with Crippen molar-refractivity contribution in [1.29, 1.82) is 0 Å². The van der Waals surface area contributed by atoms with Crippen molar-refractivity contribution >= 4 is 26.4 Å². The summed E-state index contributed by atoms with van der Waals surface area (Å²) in [6.45, 7) is 6.12. The molecule has 0 bridgehead atoms. The lowest BCUT2D eigenvalue weighted by Crippen LogP contribution is -2.25. The van der Waals surface area contributed by atoms with Crippen LogP contribution in [-0.4, -0.2) is 41.6 Å². The summed E-state index contributed by atoms with van der Waals surface area (Å²) in [5.41, 5.74) is 1.30. The van der Waals surface area contributed by atoms with Crippen molar-refractivity contribution in [3.05, 3.63) is 65.2 Å². The molecule has 1 atom stereocenters. The van der Waals surface area contributed by atoms with Gasteiger partial charge in [-0.25, -0.2) is 0 Å². The fourth-order valence-corrected chi connectivity index (χ4v) is 3.58. The maximum Gasteiger partial charge on any atom is 0.228 e. The van der Waals surface area contributed by atoms with Crippen LogP contribution in [0.4, 0.5) is 0 Å². The summed E-state index contributed by atoms with van der Waals surface area (Å²) in [5, 5.41) is 0. The van der Waals surface area contributed by atoms with E-state index in [0.29, 0.717) is 23.3 Å². The van der Waals surface area contributed by atoms with Crippen LogP contribution in [0.1, 0.15) is 39.6 Å². The Hall–Kier alpha value is -1.98. The molecule has 5 heteroatoms. The highest BCUT2D eigenvalue weighted by molar-refractivity contribution is 9.18. The highest BCUT2D eigenvalue weighted by Gasteiger charge is 2.18. The summed E-state index contributed by atoms with van der Waals surface area (Å²) in [7, 11) is 0. The predicted octanol–water partition coefficient (Wildman–Crippen LogP) is 4.17. The third-order valence-electron chi connectivity index (χ3n) is 4.68. The van der Waals surface area contributed by atoms with E-state index in [9.17, 15) is 9.59 Å². The van der Waals surface area contributed by atoms with Gasteiger partial charge in [0.2, 0.25) is 4.69 Å². The van der Waals surface area contributed by atoms with E-state index in [1.165, 1.54) is 6.42 Å². The normalized spacial score (nSPS) is 17.2. The smallest absolute Gasteiger partial charge is 0.228 e. The molecule has 0 amide bonds. The van der Waals surface area contributed by atoms with Gasteiger partial charge in [-0.1, -0.05) is 25.1 Å². The van der Waals surface area contributed by atoms with Crippen molar-refractivity contribution in [3.63, 3.8) is 0 Å². The summed E-state index contributed by atoms with van der Waals surface area (Å²) in [6.07, 6.45) is 1.26. The minimum absolute atomic E-state index is 0.175. The monoisotopic (exact) mass is 415 g/mol. The van der Waals surface area contributed by atoms with E-state index in [1.807, 2.05) is 0 Å². The van der Waals surface area contributed by atoms with Crippen molar-refractivity contribution in [1.82, 2.24) is 4.90 Å². The van der Waals surface area contributed by atoms with Crippen LogP contribution in [0, 0.1) is 5.92 Å². The third-order valence-corrected chi connectivity index (χ3v) is 5.11. The molecule has 1 aliphatic heterocycles. The molecular weight excluding hydrogens is 394 g/mol. The van der Waals surface area contributed by atoms with Gasteiger partial charge in [0.05, 0.1) is 0 Å². The number of benzene rings is 2. The van der Waals surface area contributed by atoms with Gasteiger partial charge in [-0.3, -0.25) is 14.5 Å². The van der Waals surface area contributed by atoms with Gasteiger partial charge in [0.15, 0.2) is 5.78 Å². The SMILES string of the molecule is CC1CCN(CCOc2ccc(C(=O)c3ccccc3C(=O)Br)cc2)C1. The maximum atomic E-state index is 12.7. The number of rotatable bonds is 7. The fourth-order valence-electron chi connectivity index (χ4n) is 3.23. The standard InChI is InChI=1S/C21H22BrNO3/c1-15-10-11-23(14-15)12-13-26-17-8-6-16(7-9-17)20(24)18-4-2-3-5-19(18)21(22)25/h2-9,15H,10-14H2,1H3. The van der Waals surface area contributed by atoms with Crippen LogP contribution in [0.15, 0.2) is 48.5 Å². The predicted molar refractivity (Wildman–Crippen MR) is 105 cm³/mol. The van der Waals surface area contributed by atoms with E-state index in [-0.39, 0.29) is 10.5 Å². The summed E-state index contributed by atoms with van der Waals surface area (Å²) in [6, 6.07) is 13.9. The van der Waals surface area contributed by atoms with E-state index in [1.54, 1.807) is 48.5 Å². The lowest BCUT2D eigenvalue weighted by Gasteiger charge is -2.15. The molecule has 0 radical (unpaired) electrons. The van der Waals surface area contributed by atoms with Gasteiger partial charge in [-0.2, -0.15) is 0 Å². The minimum Gasteiger partial charge on any atom is -0.492 e. The fraction of sp³-hybridized carbons (Fsp3) is 0.333. The van der Waals surface area contributed by atoms with Gasteiger partial charge in [0.1, 0.15) is 12.4 Å². The second kappa shape index (κ2) is 8.60. The quantitative estimate of drug-likeness (QED) is 0.502. The van der Waals surface area contributed by atoms with Crippen LogP contribution in [0.5, 0.6) is 5.75 Å². The Morgan fingerprint density at radius 2 is 1.81 bits per heavy atom. The molecule has 2 aromatic carbocycles. The van der Waals surface area contributed by atoms with Crippen LogP contribution in [0.25, 0.3) is 0 Å². The van der Waals surface area contributed by atoms with E-state index in [4.69, 9.17) is 4.74 Å². The Balaban J connectivity index is 1.60. The molecule has 1 heterocycles. The number of halogens is 1. The van der Waals surface area contributed by atoms with Crippen molar-refractivity contribution in [3.8, 4) is 5.75 Å². The summed E-state index contributed by atoms with van der Waals surface area (Å²) < 4.78 is 5.50. The van der Waals surface area contributed by atoms with Crippen molar-refractivity contribution in [2.24, 2.45) is 5.92 Å². The molecule has 26 heavy (non-hydrogen) atoms. The zero-order chi connectivity index (χ0) is 18.5. The zero-order valence-corrected chi connectivity index (χ0v) is 16.4. The molecule has 0 aromatic heterocycles. The van der Waals surface area contributed by atoms with Crippen LogP contribution in [0.3, 0.4) is 0 Å². The summed E-state index contributed by atoms with van der Waals surface area (Å²) >= 11 is 2.93. The molecule has 0 saturated carbocycles. The first kappa shape index (κ1) is 18.8. The van der Waals surface area contributed by atoms with Gasteiger partial charge >= 0.3 is 0 Å². The molecule has 0 N–H and O–H groups in total. The summed E-state index contributed by atoms with van der Waals surface area (Å²) in [5.74, 6) is 1.35. The van der Waals surface area contributed by atoms with Crippen LogP contribution in [-0.2, 0) is 0 Å². The van der Waals surface area contributed by atoms with Crippen LogP contribution >= 0.6 is 15.9 Å². The second-order valence-electron chi connectivity index (χ2n) is 6.72. The van der Waals surface area contributed by atoms with Gasteiger partial charge < -0.3 is 4.74 Å². The first-order chi connectivity index (χ1) is 12.5. The number of ether oxygens (including phenoxy) is 1. The largest absolute Gasteiger partial charge is 0.492 e. The number of ketones is 1. The molecule has 0 aliphatic carbocycles. The molecule has 1 fully saturated rings. The number of hydrogen-bond donors (Lipinski definition) is 0. The van der Waals surface area contributed by atoms with Gasteiger partial charge in [-0.15, -0.1) is 0 Å². The highest BCUT2D eigenvalue weighted by Crippen LogP contribution is 2.20.